The average molecular weight is 344 g/mol. The minimum atomic E-state index is 0.917. The first-order chi connectivity index (χ1) is 12.8. The molecule has 3 nitrogen and oxygen atoms in total. The van der Waals surface area contributed by atoms with Gasteiger partial charge in [0.15, 0.2) is 0 Å². The van der Waals surface area contributed by atoms with Crippen molar-refractivity contribution in [2.75, 3.05) is 43.1 Å². The van der Waals surface area contributed by atoms with Crippen molar-refractivity contribution in [3.63, 3.8) is 0 Å². The van der Waals surface area contributed by atoms with E-state index in [1.165, 1.54) is 22.5 Å². The molecule has 1 aliphatic rings. The maximum atomic E-state index is 5.35. The Morgan fingerprint density at radius 2 is 1.19 bits per heavy atom. The summed E-state index contributed by atoms with van der Waals surface area (Å²) in [6.45, 7) is 4.08. The highest BCUT2D eigenvalue weighted by atomic mass is 16.5. The lowest BCUT2D eigenvalue weighted by atomic mass is 10.0. The summed E-state index contributed by atoms with van der Waals surface area (Å²) in [5, 5.41) is 0. The molecule has 0 aliphatic carbocycles. The van der Waals surface area contributed by atoms with Gasteiger partial charge in [-0.1, -0.05) is 48.5 Å². The Morgan fingerprint density at radius 1 is 0.615 bits per heavy atom. The molecule has 0 saturated carbocycles. The van der Waals surface area contributed by atoms with E-state index >= 15 is 0 Å². The highest BCUT2D eigenvalue weighted by molar-refractivity contribution is 5.68. The summed E-state index contributed by atoms with van der Waals surface area (Å²) in [7, 11) is 1.72. The highest BCUT2D eigenvalue weighted by Gasteiger charge is 2.18. The summed E-state index contributed by atoms with van der Waals surface area (Å²) >= 11 is 0. The van der Waals surface area contributed by atoms with Gasteiger partial charge in [0.2, 0.25) is 0 Å². The molecule has 0 atom stereocenters. The van der Waals surface area contributed by atoms with Crippen LogP contribution in [0, 0.1) is 0 Å². The molecule has 4 rings (SSSR count). The fourth-order valence-electron chi connectivity index (χ4n) is 3.54. The predicted octanol–water partition coefficient (Wildman–Crippen LogP) is 4.69. The Morgan fingerprint density at radius 3 is 1.85 bits per heavy atom. The summed E-state index contributed by atoms with van der Waals surface area (Å²) in [5.74, 6) is 0.917. The van der Waals surface area contributed by atoms with Crippen LogP contribution in [0.3, 0.4) is 0 Å². The number of ether oxygens (including phenoxy) is 1. The largest absolute Gasteiger partial charge is 0.497 e. The van der Waals surface area contributed by atoms with Crippen LogP contribution in [0.5, 0.6) is 5.75 Å². The molecule has 1 fully saturated rings. The molecule has 3 aromatic carbocycles. The van der Waals surface area contributed by atoms with E-state index in [0.717, 1.165) is 31.9 Å². The third-order valence-corrected chi connectivity index (χ3v) is 5.02. The summed E-state index contributed by atoms with van der Waals surface area (Å²) in [5.41, 5.74) is 5.08. The monoisotopic (exact) mass is 344 g/mol. The predicted molar refractivity (Wildman–Crippen MR) is 109 cm³/mol. The molecule has 3 aromatic rings. The standard InChI is InChI=1S/C23H24N2O/c1-26-23-12-6-11-22(18-23)25-15-13-24(14-16-25)21-10-5-9-20(17-21)19-7-3-2-4-8-19/h2-12,17-18H,13-16H2,1H3. The summed E-state index contributed by atoms with van der Waals surface area (Å²) in [6, 6.07) is 27.8. The number of piperazine rings is 1. The normalized spacial score (nSPS) is 14.3. The second-order valence-electron chi connectivity index (χ2n) is 6.59. The third-order valence-electron chi connectivity index (χ3n) is 5.02. The molecule has 0 unspecified atom stereocenters. The number of anilines is 2. The van der Waals surface area contributed by atoms with Gasteiger partial charge in [0.05, 0.1) is 7.11 Å². The van der Waals surface area contributed by atoms with Crippen LogP contribution in [0.2, 0.25) is 0 Å². The minimum Gasteiger partial charge on any atom is -0.497 e. The van der Waals surface area contributed by atoms with Crippen molar-refractivity contribution in [3.05, 3.63) is 78.9 Å². The van der Waals surface area contributed by atoms with Crippen molar-refractivity contribution in [3.8, 4) is 16.9 Å². The van der Waals surface area contributed by atoms with Crippen molar-refractivity contribution in [1.82, 2.24) is 0 Å². The van der Waals surface area contributed by atoms with Crippen molar-refractivity contribution in [2.24, 2.45) is 0 Å². The molecule has 1 heterocycles. The van der Waals surface area contributed by atoms with E-state index in [1.54, 1.807) is 7.11 Å². The second kappa shape index (κ2) is 7.52. The molecular weight excluding hydrogens is 320 g/mol. The van der Waals surface area contributed by atoms with Gasteiger partial charge in [0.25, 0.3) is 0 Å². The molecule has 0 radical (unpaired) electrons. The van der Waals surface area contributed by atoms with Gasteiger partial charge in [-0.15, -0.1) is 0 Å². The van der Waals surface area contributed by atoms with E-state index in [2.05, 4.69) is 82.6 Å². The zero-order valence-corrected chi connectivity index (χ0v) is 15.1. The molecule has 0 amide bonds. The van der Waals surface area contributed by atoms with Crippen LogP contribution >= 0.6 is 0 Å². The molecule has 1 saturated heterocycles. The van der Waals surface area contributed by atoms with Gasteiger partial charge in [-0.2, -0.15) is 0 Å². The Bertz CT molecular complexity index is 855. The number of rotatable bonds is 4. The first kappa shape index (κ1) is 16.5. The zero-order chi connectivity index (χ0) is 17.8. The summed E-state index contributed by atoms with van der Waals surface area (Å²) in [4.78, 5) is 4.91. The van der Waals surface area contributed by atoms with Crippen LogP contribution in [0.1, 0.15) is 0 Å². The molecular formula is C23H24N2O. The van der Waals surface area contributed by atoms with Gasteiger partial charge in [-0.05, 0) is 35.4 Å². The van der Waals surface area contributed by atoms with Gasteiger partial charge < -0.3 is 14.5 Å². The Labute approximate surface area is 155 Å². The van der Waals surface area contributed by atoms with Crippen molar-refractivity contribution >= 4 is 11.4 Å². The molecule has 0 bridgehead atoms. The SMILES string of the molecule is COc1cccc(N2CCN(c3cccc(-c4ccccc4)c3)CC2)c1. The average Bonchev–Trinajstić information content (AvgIpc) is 2.75. The first-order valence-electron chi connectivity index (χ1n) is 9.13. The molecule has 132 valence electrons. The maximum Gasteiger partial charge on any atom is 0.120 e. The highest BCUT2D eigenvalue weighted by Crippen LogP contribution is 2.27. The van der Waals surface area contributed by atoms with Gasteiger partial charge in [-0.25, -0.2) is 0 Å². The lowest BCUT2D eigenvalue weighted by molar-refractivity contribution is 0.414. The van der Waals surface area contributed by atoms with E-state index in [0.29, 0.717) is 0 Å². The third kappa shape index (κ3) is 3.52. The fraction of sp³-hybridized carbons (Fsp3) is 0.217. The van der Waals surface area contributed by atoms with Gasteiger partial charge in [-0.3, -0.25) is 0 Å². The summed E-state index contributed by atoms with van der Waals surface area (Å²) < 4.78 is 5.35. The van der Waals surface area contributed by atoms with Crippen LogP contribution in [0.4, 0.5) is 11.4 Å². The molecule has 26 heavy (non-hydrogen) atoms. The quantitative estimate of drug-likeness (QED) is 0.683. The van der Waals surface area contributed by atoms with E-state index in [-0.39, 0.29) is 0 Å². The zero-order valence-electron chi connectivity index (χ0n) is 15.1. The molecule has 0 spiro atoms. The van der Waals surface area contributed by atoms with Crippen molar-refractivity contribution in [2.45, 2.75) is 0 Å². The topological polar surface area (TPSA) is 15.7 Å². The molecule has 0 N–H and O–H groups in total. The number of hydrogen-bond donors (Lipinski definition) is 0. The van der Waals surface area contributed by atoms with E-state index in [1.807, 2.05) is 6.07 Å². The Balaban J connectivity index is 1.46. The number of benzene rings is 3. The molecule has 1 aliphatic heterocycles. The Hall–Kier alpha value is -2.94. The van der Waals surface area contributed by atoms with E-state index < -0.39 is 0 Å². The van der Waals surface area contributed by atoms with E-state index in [4.69, 9.17) is 4.74 Å². The van der Waals surface area contributed by atoms with Crippen LogP contribution in [0.25, 0.3) is 11.1 Å². The minimum absolute atomic E-state index is 0.917. The molecule has 0 aromatic heterocycles. The molecule has 3 heteroatoms. The second-order valence-corrected chi connectivity index (χ2v) is 6.59. The van der Waals surface area contributed by atoms with Crippen LogP contribution in [-0.4, -0.2) is 33.3 Å². The Kier molecular flexibility index (Phi) is 4.78. The summed E-state index contributed by atoms with van der Waals surface area (Å²) in [6.07, 6.45) is 0. The number of hydrogen-bond acceptors (Lipinski definition) is 3. The lowest BCUT2D eigenvalue weighted by Gasteiger charge is -2.37. The van der Waals surface area contributed by atoms with Gasteiger partial charge in [0, 0.05) is 43.6 Å². The van der Waals surface area contributed by atoms with Crippen molar-refractivity contribution in [1.29, 1.82) is 0 Å². The number of nitrogens with zero attached hydrogens (tertiary/aromatic N) is 2. The first-order valence-corrected chi connectivity index (χ1v) is 9.13. The number of methoxy groups -OCH3 is 1. The van der Waals surface area contributed by atoms with Gasteiger partial charge in [0.1, 0.15) is 5.75 Å². The van der Waals surface area contributed by atoms with Crippen molar-refractivity contribution < 1.29 is 4.74 Å². The fourth-order valence-corrected chi connectivity index (χ4v) is 3.54. The smallest absolute Gasteiger partial charge is 0.120 e. The van der Waals surface area contributed by atoms with E-state index in [9.17, 15) is 0 Å². The maximum absolute atomic E-state index is 5.35. The van der Waals surface area contributed by atoms with Crippen LogP contribution in [0.15, 0.2) is 78.9 Å². The van der Waals surface area contributed by atoms with Gasteiger partial charge >= 0.3 is 0 Å². The van der Waals surface area contributed by atoms with Crippen LogP contribution < -0.4 is 14.5 Å². The lowest BCUT2D eigenvalue weighted by Crippen LogP contribution is -2.46. The van der Waals surface area contributed by atoms with Crippen LogP contribution in [-0.2, 0) is 0 Å².